The SMILES string of the molecule is CCCCOC(=O)c1ccc(-c2ccc(N=Nc3ccc(N(C)C)cc3)cc2)cc1. The van der Waals surface area contributed by atoms with Crippen LogP contribution in [0.15, 0.2) is 83.0 Å². The number of anilines is 1. The minimum atomic E-state index is -0.274. The van der Waals surface area contributed by atoms with Crippen molar-refractivity contribution in [2.45, 2.75) is 19.8 Å². The van der Waals surface area contributed by atoms with E-state index in [-0.39, 0.29) is 5.97 Å². The van der Waals surface area contributed by atoms with Gasteiger partial charge in [-0.1, -0.05) is 37.6 Å². The molecule has 3 rings (SSSR count). The van der Waals surface area contributed by atoms with Crippen molar-refractivity contribution in [3.8, 4) is 11.1 Å². The maximum atomic E-state index is 12.0. The lowest BCUT2D eigenvalue weighted by molar-refractivity contribution is 0.0500. The number of rotatable bonds is 8. The summed E-state index contributed by atoms with van der Waals surface area (Å²) in [6.45, 7) is 2.53. The van der Waals surface area contributed by atoms with Crippen LogP contribution in [-0.4, -0.2) is 26.7 Å². The minimum Gasteiger partial charge on any atom is -0.462 e. The molecule has 0 unspecified atom stereocenters. The van der Waals surface area contributed by atoms with Crippen molar-refractivity contribution in [2.75, 3.05) is 25.6 Å². The van der Waals surface area contributed by atoms with E-state index in [1.54, 1.807) is 12.1 Å². The number of ether oxygens (including phenoxy) is 1. The molecule has 0 N–H and O–H groups in total. The number of azo groups is 1. The molecule has 0 heterocycles. The van der Waals surface area contributed by atoms with Crippen molar-refractivity contribution in [3.05, 3.63) is 78.4 Å². The maximum Gasteiger partial charge on any atom is 0.338 e. The highest BCUT2D eigenvalue weighted by molar-refractivity contribution is 5.90. The Bertz CT molecular complexity index is 976. The van der Waals surface area contributed by atoms with Gasteiger partial charge in [0.25, 0.3) is 0 Å². The quantitative estimate of drug-likeness (QED) is 0.237. The summed E-state index contributed by atoms with van der Waals surface area (Å²) in [5.74, 6) is -0.274. The van der Waals surface area contributed by atoms with Crippen LogP contribution in [-0.2, 0) is 4.74 Å². The fraction of sp³-hybridized carbons (Fsp3) is 0.240. The summed E-state index contributed by atoms with van der Waals surface area (Å²) < 4.78 is 5.25. The van der Waals surface area contributed by atoms with Crippen LogP contribution >= 0.6 is 0 Å². The Kier molecular flexibility index (Phi) is 7.33. The van der Waals surface area contributed by atoms with Gasteiger partial charge in [-0.2, -0.15) is 10.2 Å². The minimum absolute atomic E-state index is 0.274. The average Bonchev–Trinajstić information content (AvgIpc) is 2.78. The third-order valence-corrected chi connectivity index (χ3v) is 4.70. The fourth-order valence-electron chi connectivity index (χ4n) is 2.84. The summed E-state index contributed by atoms with van der Waals surface area (Å²) in [5.41, 5.74) is 5.37. The van der Waals surface area contributed by atoms with Gasteiger partial charge in [0.1, 0.15) is 0 Å². The van der Waals surface area contributed by atoms with Crippen molar-refractivity contribution in [1.29, 1.82) is 0 Å². The molecule has 0 aromatic heterocycles. The van der Waals surface area contributed by atoms with Gasteiger partial charge in [0, 0.05) is 19.8 Å². The van der Waals surface area contributed by atoms with E-state index in [4.69, 9.17) is 4.74 Å². The molecule has 0 radical (unpaired) electrons. The zero-order valence-corrected chi connectivity index (χ0v) is 17.7. The van der Waals surface area contributed by atoms with Crippen LogP contribution in [0, 0.1) is 0 Å². The molecule has 0 spiro atoms. The van der Waals surface area contributed by atoms with Crippen LogP contribution in [0.4, 0.5) is 17.1 Å². The second kappa shape index (κ2) is 10.3. The highest BCUT2D eigenvalue weighted by Crippen LogP contribution is 2.25. The smallest absolute Gasteiger partial charge is 0.338 e. The summed E-state index contributed by atoms with van der Waals surface area (Å²) >= 11 is 0. The molecule has 154 valence electrons. The molecule has 0 bridgehead atoms. The Morgan fingerprint density at radius 3 is 1.80 bits per heavy atom. The van der Waals surface area contributed by atoms with Crippen molar-refractivity contribution in [3.63, 3.8) is 0 Å². The largest absolute Gasteiger partial charge is 0.462 e. The lowest BCUT2D eigenvalue weighted by Crippen LogP contribution is -2.07. The summed E-state index contributed by atoms with van der Waals surface area (Å²) in [7, 11) is 4.01. The Labute approximate surface area is 178 Å². The zero-order valence-electron chi connectivity index (χ0n) is 17.7. The lowest BCUT2D eigenvalue weighted by Gasteiger charge is -2.11. The fourth-order valence-corrected chi connectivity index (χ4v) is 2.84. The normalized spacial score (nSPS) is 10.9. The van der Waals surface area contributed by atoms with Crippen LogP contribution in [0.5, 0.6) is 0 Å². The Hall–Kier alpha value is -3.47. The number of nitrogens with zero attached hydrogens (tertiary/aromatic N) is 3. The van der Waals surface area contributed by atoms with Crippen LogP contribution in [0.1, 0.15) is 30.1 Å². The summed E-state index contributed by atoms with van der Waals surface area (Å²) in [6, 6.07) is 23.2. The van der Waals surface area contributed by atoms with E-state index in [9.17, 15) is 4.79 Å². The molecule has 0 atom stereocenters. The monoisotopic (exact) mass is 401 g/mol. The number of carbonyl (C=O) groups excluding carboxylic acids is 1. The van der Waals surface area contributed by atoms with E-state index in [2.05, 4.69) is 17.2 Å². The number of unbranched alkanes of at least 4 members (excludes halogenated alkanes) is 1. The predicted molar refractivity (Wildman–Crippen MR) is 122 cm³/mol. The molecule has 3 aromatic rings. The third kappa shape index (κ3) is 5.77. The van der Waals surface area contributed by atoms with Gasteiger partial charge >= 0.3 is 5.97 Å². The summed E-state index contributed by atoms with van der Waals surface area (Å²) in [4.78, 5) is 14.0. The molecule has 30 heavy (non-hydrogen) atoms. The lowest BCUT2D eigenvalue weighted by atomic mass is 10.0. The van der Waals surface area contributed by atoms with Gasteiger partial charge in [0.2, 0.25) is 0 Å². The van der Waals surface area contributed by atoms with Crippen LogP contribution in [0.3, 0.4) is 0 Å². The van der Waals surface area contributed by atoms with Crippen LogP contribution < -0.4 is 4.90 Å². The van der Waals surface area contributed by atoms with Gasteiger partial charge in [-0.15, -0.1) is 0 Å². The summed E-state index contributed by atoms with van der Waals surface area (Å²) in [6.07, 6.45) is 1.89. The molecule has 0 aliphatic carbocycles. The standard InChI is InChI=1S/C25H27N3O2/c1-4-5-18-30-25(29)21-8-6-19(7-9-21)20-10-12-22(13-11-20)26-27-23-14-16-24(17-15-23)28(2)3/h6-17H,4-5,18H2,1-3H3. The number of esters is 1. The van der Waals surface area contributed by atoms with Gasteiger partial charge in [0.05, 0.1) is 23.5 Å². The van der Waals surface area contributed by atoms with Gasteiger partial charge < -0.3 is 9.64 Å². The van der Waals surface area contributed by atoms with Crippen molar-refractivity contribution in [2.24, 2.45) is 10.2 Å². The van der Waals surface area contributed by atoms with Gasteiger partial charge in [-0.05, 0) is 66.1 Å². The first-order valence-corrected chi connectivity index (χ1v) is 10.1. The molecule has 0 aliphatic heterocycles. The second-order valence-corrected chi connectivity index (χ2v) is 7.22. The first-order valence-electron chi connectivity index (χ1n) is 10.1. The van der Waals surface area contributed by atoms with Crippen molar-refractivity contribution >= 4 is 23.0 Å². The Morgan fingerprint density at radius 1 is 0.800 bits per heavy atom. The summed E-state index contributed by atoms with van der Waals surface area (Å²) in [5, 5.41) is 8.60. The predicted octanol–water partition coefficient (Wildman–Crippen LogP) is 6.79. The van der Waals surface area contributed by atoms with E-state index in [0.717, 1.165) is 41.0 Å². The maximum absolute atomic E-state index is 12.0. The molecule has 0 saturated heterocycles. The van der Waals surface area contributed by atoms with E-state index >= 15 is 0 Å². The highest BCUT2D eigenvalue weighted by Gasteiger charge is 2.07. The van der Waals surface area contributed by atoms with Gasteiger partial charge in [-0.3, -0.25) is 0 Å². The molecule has 5 nitrogen and oxygen atoms in total. The molecule has 0 saturated carbocycles. The molecule has 0 amide bonds. The first kappa shape index (κ1) is 21.2. The molecule has 5 heteroatoms. The Balaban J connectivity index is 1.63. The number of hydrogen-bond acceptors (Lipinski definition) is 5. The molecule has 3 aromatic carbocycles. The van der Waals surface area contributed by atoms with Gasteiger partial charge in [0.15, 0.2) is 0 Å². The molecular weight excluding hydrogens is 374 g/mol. The van der Waals surface area contributed by atoms with Crippen LogP contribution in [0.2, 0.25) is 0 Å². The number of hydrogen-bond donors (Lipinski definition) is 0. The van der Waals surface area contributed by atoms with Crippen molar-refractivity contribution < 1.29 is 9.53 Å². The van der Waals surface area contributed by atoms with E-state index in [1.165, 1.54) is 0 Å². The number of benzene rings is 3. The Morgan fingerprint density at radius 2 is 1.30 bits per heavy atom. The van der Waals surface area contributed by atoms with Crippen LogP contribution in [0.25, 0.3) is 11.1 Å². The molecular formula is C25H27N3O2. The first-order chi connectivity index (χ1) is 14.6. The number of carbonyl (C=O) groups is 1. The van der Waals surface area contributed by atoms with Gasteiger partial charge in [-0.25, -0.2) is 4.79 Å². The van der Waals surface area contributed by atoms with E-state index in [0.29, 0.717) is 12.2 Å². The molecule has 0 fully saturated rings. The van der Waals surface area contributed by atoms with Crippen molar-refractivity contribution in [1.82, 2.24) is 0 Å². The second-order valence-electron chi connectivity index (χ2n) is 7.22. The molecule has 0 aliphatic rings. The van der Waals surface area contributed by atoms with E-state index in [1.807, 2.05) is 79.7 Å². The third-order valence-electron chi connectivity index (χ3n) is 4.70. The highest BCUT2D eigenvalue weighted by atomic mass is 16.5. The van der Waals surface area contributed by atoms with E-state index < -0.39 is 0 Å². The topological polar surface area (TPSA) is 54.3 Å². The average molecular weight is 402 g/mol. The zero-order chi connectivity index (χ0) is 21.3.